The lowest BCUT2D eigenvalue weighted by Gasteiger charge is -2.00. The highest BCUT2D eigenvalue weighted by Crippen LogP contribution is 2.34. The number of hydrogen-bond donors (Lipinski definition) is 1. The highest BCUT2D eigenvalue weighted by Gasteiger charge is 2.23. The SMILES string of the molecule is O=[N+]([O-])c1cc(Br)c(F)c(F)c1O. The lowest BCUT2D eigenvalue weighted by molar-refractivity contribution is -0.386. The van der Waals surface area contributed by atoms with Crippen molar-refractivity contribution in [2.75, 3.05) is 0 Å². The van der Waals surface area contributed by atoms with Gasteiger partial charge >= 0.3 is 5.69 Å². The number of benzene rings is 1. The summed E-state index contributed by atoms with van der Waals surface area (Å²) in [5.41, 5.74) is -0.884. The topological polar surface area (TPSA) is 63.4 Å². The third kappa shape index (κ3) is 1.59. The Labute approximate surface area is 79.1 Å². The molecule has 0 atom stereocenters. The average Bonchev–Trinajstić information content (AvgIpc) is 2.07. The number of halogens is 3. The summed E-state index contributed by atoms with van der Waals surface area (Å²) in [6, 6.07) is 0.688. The van der Waals surface area contributed by atoms with E-state index in [-0.39, 0.29) is 0 Å². The van der Waals surface area contributed by atoms with Gasteiger partial charge in [0.25, 0.3) is 0 Å². The fourth-order valence-corrected chi connectivity index (χ4v) is 1.10. The fourth-order valence-electron chi connectivity index (χ4n) is 0.712. The van der Waals surface area contributed by atoms with Gasteiger partial charge in [-0.1, -0.05) is 0 Å². The van der Waals surface area contributed by atoms with Crippen molar-refractivity contribution in [1.82, 2.24) is 0 Å². The number of phenols is 1. The molecular weight excluding hydrogens is 252 g/mol. The van der Waals surface area contributed by atoms with Crippen LogP contribution in [0.1, 0.15) is 0 Å². The Bertz CT molecular complexity index is 383. The molecule has 0 saturated carbocycles. The molecule has 0 radical (unpaired) electrons. The minimum Gasteiger partial charge on any atom is -0.500 e. The van der Waals surface area contributed by atoms with Crippen molar-refractivity contribution in [2.45, 2.75) is 0 Å². The zero-order valence-electron chi connectivity index (χ0n) is 5.92. The van der Waals surface area contributed by atoms with E-state index in [1.807, 2.05) is 0 Å². The monoisotopic (exact) mass is 253 g/mol. The molecule has 0 aliphatic heterocycles. The summed E-state index contributed by atoms with van der Waals surface area (Å²) in [6.07, 6.45) is 0. The van der Waals surface area contributed by atoms with Gasteiger partial charge in [0.2, 0.25) is 11.6 Å². The summed E-state index contributed by atoms with van der Waals surface area (Å²) in [7, 11) is 0. The van der Waals surface area contributed by atoms with E-state index in [1.165, 1.54) is 0 Å². The molecule has 13 heavy (non-hydrogen) atoms. The van der Waals surface area contributed by atoms with E-state index in [4.69, 9.17) is 5.11 Å². The van der Waals surface area contributed by atoms with E-state index in [0.29, 0.717) is 6.07 Å². The fraction of sp³-hybridized carbons (Fsp3) is 0. The van der Waals surface area contributed by atoms with Crippen LogP contribution in [-0.4, -0.2) is 10.0 Å². The third-order valence-electron chi connectivity index (χ3n) is 1.31. The molecular formula is C6H2BrF2NO3. The highest BCUT2D eigenvalue weighted by atomic mass is 79.9. The number of aromatic hydroxyl groups is 1. The molecule has 0 aliphatic carbocycles. The first-order chi connectivity index (χ1) is 5.95. The van der Waals surface area contributed by atoms with Crippen molar-refractivity contribution in [1.29, 1.82) is 0 Å². The second-order valence-corrected chi connectivity index (χ2v) is 2.97. The maximum Gasteiger partial charge on any atom is 0.315 e. The van der Waals surface area contributed by atoms with Crippen molar-refractivity contribution in [2.24, 2.45) is 0 Å². The van der Waals surface area contributed by atoms with Crippen LogP contribution in [0.15, 0.2) is 10.5 Å². The van der Waals surface area contributed by atoms with Gasteiger partial charge in [0.15, 0.2) is 5.82 Å². The Balaban J connectivity index is 3.50. The smallest absolute Gasteiger partial charge is 0.315 e. The number of nitro groups is 1. The minimum atomic E-state index is -1.64. The van der Waals surface area contributed by atoms with Crippen LogP contribution in [0.25, 0.3) is 0 Å². The standard InChI is InChI=1S/C6H2BrF2NO3/c7-2-1-3(10(12)13)6(11)5(9)4(2)8/h1,11H. The molecule has 0 fully saturated rings. The molecule has 70 valence electrons. The van der Waals surface area contributed by atoms with Crippen LogP contribution in [-0.2, 0) is 0 Å². The Kier molecular flexibility index (Phi) is 2.46. The van der Waals surface area contributed by atoms with E-state index in [9.17, 15) is 18.9 Å². The van der Waals surface area contributed by atoms with Gasteiger partial charge in [-0.05, 0) is 15.9 Å². The Hall–Kier alpha value is -1.24. The van der Waals surface area contributed by atoms with Crippen LogP contribution >= 0.6 is 15.9 Å². The van der Waals surface area contributed by atoms with Crippen molar-refractivity contribution in [3.8, 4) is 5.75 Å². The van der Waals surface area contributed by atoms with Gasteiger partial charge in [-0.15, -0.1) is 0 Å². The summed E-state index contributed by atoms with van der Waals surface area (Å²) in [6.45, 7) is 0. The van der Waals surface area contributed by atoms with Gasteiger partial charge in [0, 0.05) is 6.07 Å². The van der Waals surface area contributed by atoms with Crippen LogP contribution in [0.5, 0.6) is 5.75 Å². The van der Waals surface area contributed by atoms with Crippen LogP contribution in [0.3, 0.4) is 0 Å². The van der Waals surface area contributed by atoms with Crippen LogP contribution in [0.4, 0.5) is 14.5 Å². The highest BCUT2D eigenvalue weighted by molar-refractivity contribution is 9.10. The summed E-state index contributed by atoms with van der Waals surface area (Å²) in [5, 5.41) is 19.0. The van der Waals surface area contributed by atoms with Gasteiger partial charge in [-0.25, -0.2) is 4.39 Å². The van der Waals surface area contributed by atoms with E-state index >= 15 is 0 Å². The van der Waals surface area contributed by atoms with E-state index < -0.39 is 32.5 Å². The van der Waals surface area contributed by atoms with Crippen molar-refractivity contribution in [3.05, 3.63) is 32.3 Å². The van der Waals surface area contributed by atoms with Crippen LogP contribution < -0.4 is 0 Å². The molecule has 0 heterocycles. The third-order valence-corrected chi connectivity index (χ3v) is 1.89. The first kappa shape index (κ1) is 9.85. The van der Waals surface area contributed by atoms with E-state index in [1.54, 1.807) is 0 Å². The average molecular weight is 254 g/mol. The van der Waals surface area contributed by atoms with Crippen LogP contribution in [0, 0.1) is 21.7 Å². The Morgan fingerprint density at radius 3 is 2.46 bits per heavy atom. The summed E-state index contributed by atoms with van der Waals surface area (Å²) in [5.74, 6) is -4.30. The van der Waals surface area contributed by atoms with Gasteiger partial charge in [0.05, 0.1) is 9.40 Å². The van der Waals surface area contributed by atoms with Gasteiger partial charge in [0.1, 0.15) is 0 Å². The molecule has 0 amide bonds. The molecule has 7 heteroatoms. The van der Waals surface area contributed by atoms with Crippen molar-refractivity contribution >= 4 is 21.6 Å². The van der Waals surface area contributed by atoms with E-state index in [2.05, 4.69) is 15.9 Å². The van der Waals surface area contributed by atoms with Crippen LogP contribution in [0.2, 0.25) is 0 Å². The first-order valence-electron chi connectivity index (χ1n) is 2.96. The lowest BCUT2D eigenvalue weighted by Crippen LogP contribution is -1.94. The molecule has 1 aromatic rings. The predicted molar refractivity (Wildman–Crippen MR) is 42.4 cm³/mol. The largest absolute Gasteiger partial charge is 0.500 e. The molecule has 0 aliphatic rings. The summed E-state index contributed by atoms with van der Waals surface area (Å²) >= 11 is 2.57. The zero-order valence-corrected chi connectivity index (χ0v) is 7.51. The number of phenolic OH excluding ortho intramolecular Hbond substituents is 1. The van der Waals surface area contributed by atoms with E-state index in [0.717, 1.165) is 0 Å². The quantitative estimate of drug-likeness (QED) is 0.475. The second-order valence-electron chi connectivity index (χ2n) is 2.11. The van der Waals surface area contributed by atoms with Gasteiger partial charge in [-0.2, -0.15) is 4.39 Å². The molecule has 0 unspecified atom stereocenters. The molecule has 0 bridgehead atoms. The maximum absolute atomic E-state index is 12.7. The number of nitrogens with zero attached hydrogens (tertiary/aromatic N) is 1. The first-order valence-corrected chi connectivity index (χ1v) is 3.75. The van der Waals surface area contributed by atoms with Gasteiger partial charge < -0.3 is 5.11 Å². The zero-order chi connectivity index (χ0) is 10.2. The molecule has 0 saturated heterocycles. The Morgan fingerprint density at radius 2 is 2.00 bits per heavy atom. The summed E-state index contributed by atoms with van der Waals surface area (Å²) in [4.78, 5) is 9.16. The number of nitro benzene ring substituents is 1. The molecule has 0 aromatic heterocycles. The molecule has 1 aromatic carbocycles. The normalized spacial score (nSPS) is 10.1. The van der Waals surface area contributed by atoms with Gasteiger partial charge in [-0.3, -0.25) is 10.1 Å². The van der Waals surface area contributed by atoms with Crippen molar-refractivity contribution < 1.29 is 18.8 Å². The number of hydrogen-bond acceptors (Lipinski definition) is 3. The lowest BCUT2D eigenvalue weighted by atomic mass is 10.3. The second kappa shape index (κ2) is 3.25. The number of rotatable bonds is 1. The van der Waals surface area contributed by atoms with Crippen molar-refractivity contribution in [3.63, 3.8) is 0 Å². The minimum absolute atomic E-state index is 0.408. The molecule has 4 nitrogen and oxygen atoms in total. The predicted octanol–water partition coefficient (Wildman–Crippen LogP) is 2.34. The molecule has 1 rings (SSSR count). The summed E-state index contributed by atoms with van der Waals surface area (Å²) < 4.78 is 24.9. The molecule has 1 N–H and O–H groups in total. The molecule has 0 spiro atoms. The Morgan fingerprint density at radius 1 is 1.46 bits per heavy atom. The maximum atomic E-state index is 12.7.